The molecule has 0 amide bonds. The highest BCUT2D eigenvalue weighted by Crippen LogP contribution is 2.40. The lowest BCUT2D eigenvalue weighted by Crippen LogP contribution is -2.24. The summed E-state index contributed by atoms with van der Waals surface area (Å²) in [6.45, 7) is 8.90. The average Bonchev–Trinajstić information content (AvgIpc) is 2.52. The molecular formula is C14H21NO. The molecule has 0 bridgehead atoms. The molecule has 0 aliphatic carbocycles. The van der Waals surface area contributed by atoms with Gasteiger partial charge in [0.15, 0.2) is 0 Å². The standard InChI is InChI=1S/C14H21NO/c1-10-9-14(3,4)16-13(10)11(2)12-5-7-15-8-6-12/h5-8,10-11,13H,9H2,1-4H3/t10-,11+,13+/m1/s1. The van der Waals surface area contributed by atoms with Crippen LogP contribution in [-0.2, 0) is 4.74 Å². The van der Waals surface area contributed by atoms with Crippen LogP contribution in [0.25, 0.3) is 0 Å². The first-order valence-corrected chi connectivity index (χ1v) is 6.07. The largest absolute Gasteiger partial charge is 0.371 e. The van der Waals surface area contributed by atoms with Crippen molar-refractivity contribution in [2.45, 2.75) is 51.7 Å². The highest BCUT2D eigenvalue weighted by molar-refractivity contribution is 5.17. The van der Waals surface area contributed by atoms with Gasteiger partial charge in [-0.25, -0.2) is 0 Å². The number of pyridine rings is 1. The van der Waals surface area contributed by atoms with Crippen LogP contribution in [0.15, 0.2) is 24.5 Å². The fraction of sp³-hybridized carbons (Fsp3) is 0.643. The molecule has 0 saturated carbocycles. The van der Waals surface area contributed by atoms with Crippen molar-refractivity contribution in [3.63, 3.8) is 0 Å². The molecule has 2 rings (SSSR count). The Morgan fingerprint density at radius 2 is 2.00 bits per heavy atom. The van der Waals surface area contributed by atoms with E-state index in [4.69, 9.17) is 4.74 Å². The van der Waals surface area contributed by atoms with Gasteiger partial charge in [-0.1, -0.05) is 13.8 Å². The lowest BCUT2D eigenvalue weighted by atomic mass is 9.87. The Balaban J connectivity index is 2.14. The Labute approximate surface area is 98.0 Å². The maximum Gasteiger partial charge on any atom is 0.0674 e. The molecule has 0 N–H and O–H groups in total. The zero-order valence-corrected chi connectivity index (χ0v) is 10.6. The minimum absolute atomic E-state index is 0.0331. The molecule has 3 atom stereocenters. The van der Waals surface area contributed by atoms with Crippen molar-refractivity contribution in [3.8, 4) is 0 Å². The molecule has 0 aromatic carbocycles. The summed E-state index contributed by atoms with van der Waals surface area (Å²) in [4.78, 5) is 4.06. The summed E-state index contributed by atoms with van der Waals surface area (Å²) in [6, 6.07) is 4.18. The fourth-order valence-corrected chi connectivity index (χ4v) is 2.88. The maximum absolute atomic E-state index is 6.16. The molecule has 1 saturated heterocycles. The minimum atomic E-state index is 0.0331. The van der Waals surface area contributed by atoms with Gasteiger partial charge >= 0.3 is 0 Å². The minimum Gasteiger partial charge on any atom is -0.371 e. The summed E-state index contributed by atoms with van der Waals surface area (Å²) in [5, 5.41) is 0. The van der Waals surface area contributed by atoms with Gasteiger partial charge in [0.2, 0.25) is 0 Å². The third kappa shape index (κ3) is 2.27. The topological polar surface area (TPSA) is 22.1 Å². The summed E-state index contributed by atoms with van der Waals surface area (Å²) in [5.74, 6) is 1.07. The van der Waals surface area contributed by atoms with Crippen LogP contribution in [0.2, 0.25) is 0 Å². The van der Waals surface area contributed by atoms with E-state index in [1.807, 2.05) is 12.4 Å². The van der Waals surface area contributed by atoms with Crippen molar-refractivity contribution in [2.24, 2.45) is 5.92 Å². The molecular weight excluding hydrogens is 198 g/mol. The van der Waals surface area contributed by atoms with Gasteiger partial charge in [-0.2, -0.15) is 0 Å². The molecule has 0 unspecified atom stereocenters. The highest BCUT2D eigenvalue weighted by atomic mass is 16.5. The van der Waals surface area contributed by atoms with Gasteiger partial charge in [-0.3, -0.25) is 4.98 Å². The van der Waals surface area contributed by atoms with Gasteiger partial charge in [0.25, 0.3) is 0 Å². The molecule has 0 spiro atoms. The van der Waals surface area contributed by atoms with Crippen molar-refractivity contribution in [1.82, 2.24) is 4.98 Å². The molecule has 0 radical (unpaired) electrons. The van der Waals surface area contributed by atoms with E-state index in [2.05, 4.69) is 44.8 Å². The molecule has 1 fully saturated rings. The van der Waals surface area contributed by atoms with Crippen LogP contribution in [-0.4, -0.2) is 16.7 Å². The van der Waals surface area contributed by atoms with Crippen molar-refractivity contribution in [1.29, 1.82) is 0 Å². The Morgan fingerprint density at radius 3 is 2.50 bits per heavy atom. The molecule has 1 aliphatic rings. The third-order valence-electron chi connectivity index (χ3n) is 3.55. The summed E-state index contributed by atoms with van der Waals surface area (Å²) in [5.41, 5.74) is 1.36. The zero-order valence-electron chi connectivity index (χ0n) is 10.6. The van der Waals surface area contributed by atoms with E-state index in [0.29, 0.717) is 17.9 Å². The van der Waals surface area contributed by atoms with E-state index in [-0.39, 0.29) is 5.60 Å². The van der Waals surface area contributed by atoms with Gasteiger partial charge in [-0.15, -0.1) is 0 Å². The smallest absolute Gasteiger partial charge is 0.0674 e. The van der Waals surface area contributed by atoms with Crippen LogP contribution < -0.4 is 0 Å². The second kappa shape index (κ2) is 4.17. The Hall–Kier alpha value is -0.890. The molecule has 88 valence electrons. The lowest BCUT2D eigenvalue weighted by Gasteiger charge is -2.25. The van der Waals surface area contributed by atoms with Crippen molar-refractivity contribution >= 4 is 0 Å². The van der Waals surface area contributed by atoms with Crippen LogP contribution in [0, 0.1) is 5.92 Å². The van der Waals surface area contributed by atoms with Gasteiger partial charge in [0.1, 0.15) is 0 Å². The normalized spacial score (nSPS) is 30.2. The van der Waals surface area contributed by atoms with Crippen molar-refractivity contribution in [2.75, 3.05) is 0 Å². The summed E-state index contributed by atoms with van der Waals surface area (Å²) in [6.07, 6.45) is 5.19. The number of aromatic nitrogens is 1. The second-order valence-electron chi connectivity index (χ2n) is 5.59. The lowest BCUT2D eigenvalue weighted by molar-refractivity contribution is -0.0296. The fourth-order valence-electron chi connectivity index (χ4n) is 2.88. The van der Waals surface area contributed by atoms with E-state index in [0.717, 1.165) is 6.42 Å². The van der Waals surface area contributed by atoms with Gasteiger partial charge < -0.3 is 4.74 Å². The molecule has 1 aromatic heterocycles. The van der Waals surface area contributed by atoms with E-state index in [1.165, 1.54) is 5.56 Å². The third-order valence-corrected chi connectivity index (χ3v) is 3.55. The highest BCUT2D eigenvalue weighted by Gasteiger charge is 2.40. The quantitative estimate of drug-likeness (QED) is 0.760. The molecule has 1 aromatic rings. The molecule has 2 nitrogen and oxygen atoms in total. The average molecular weight is 219 g/mol. The second-order valence-corrected chi connectivity index (χ2v) is 5.59. The first-order valence-electron chi connectivity index (χ1n) is 6.07. The molecule has 2 heteroatoms. The number of hydrogen-bond acceptors (Lipinski definition) is 2. The first-order chi connectivity index (χ1) is 7.49. The number of ether oxygens (including phenoxy) is 1. The Kier molecular flexibility index (Phi) is 3.02. The maximum atomic E-state index is 6.16. The number of rotatable bonds is 2. The molecule has 16 heavy (non-hydrogen) atoms. The van der Waals surface area contributed by atoms with E-state index < -0.39 is 0 Å². The monoisotopic (exact) mass is 219 g/mol. The summed E-state index contributed by atoms with van der Waals surface area (Å²) >= 11 is 0. The van der Waals surface area contributed by atoms with Crippen LogP contribution in [0.5, 0.6) is 0 Å². The van der Waals surface area contributed by atoms with Crippen molar-refractivity contribution in [3.05, 3.63) is 30.1 Å². The predicted octanol–water partition coefficient (Wildman–Crippen LogP) is 3.39. The van der Waals surface area contributed by atoms with Crippen LogP contribution in [0.1, 0.15) is 45.6 Å². The first kappa shape index (κ1) is 11.6. The van der Waals surface area contributed by atoms with Crippen LogP contribution in [0.4, 0.5) is 0 Å². The number of nitrogens with zero attached hydrogens (tertiary/aromatic N) is 1. The van der Waals surface area contributed by atoms with Gasteiger partial charge in [0, 0.05) is 18.3 Å². The van der Waals surface area contributed by atoms with Gasteiger partial charge in [-0.05, 0) is 43.9 Å². The molecule has 1 aliphatic heterocycles. The summed E-state index contributed by atoms with van der Waals surface area (Å²) in [7, 11) is 0. The van der Waals surface area contributed by atoms with Crippen molar-refractivity contribution < 1.29 is 4.74 Å². The van der Waals surface area contributed by atoms with Crippen LogP contribution >= 0.6 is 0 Å². The predicted molar refractivity (Wildman–Crippen MR) is 65.4 cm³/mol. The Bertz CT molecular complexity index is 347. The van der Waals surface area contributed by atoms with E-state index in [1.54, 1.807) is 0 Å². The zero-order chi connectivity index (χ0) is 11.8. The number of hydrogen-bond donors (Lipinski definition) is 0. The summed E-state index contributed by atoms with van der Waals surface area (Å²) < 4.78 is 6.16. The van der Waals surface area contributed by atoms with E-state index >= 15 is 0 Å². The van der Waals surface area contributed by atoms with Gasteiger partial charge in [0.05, 0.1) is 11.7 Å². The van der Waals surface area contributed by atoms with E-state index in [9.17, 15) is 0 Å². The SMILES string of the molecule is C[C@@H]1CC(C)(C)O[C@@H]1[C@@H](C)c1ccncc1. The molecule has 2 heterocycles. The Morgan fingerprint density at radius 1 is 1.38 bits per heavy atom. The van der Waals surface area contributed by atoms with Crippen LogP contribution in [0.3, 0.4) is 0 Å².